The summed E-state index contributed by atoms with van der Waals surface area (Å²) in [6, 6.07) is 6.75. The number of rotatable bonds is 6. The van der Waals surface area contributed by atoms with Crippen molar-refractivity contribution in [3.63, 3.8) is 0 Å². The largest absolute Gasteiger partial charge is 0.486 e. The Labute approximate surface area is 110 Å². The Balaban J connectivity index is 2.14. The second kappa shape index (κ2) is 5.24. The average molecular weight is 261 g/mol. The van der Waals surface area contributed by atoms with Gasteiger partial charge in [-0.2, -0.15) is 5.26 Å². The van der Waals surface area contributed by atoms with Crippen molar-refractivity contribution < 1.29 is 9.66 Å². The van der Waals surface area contributed by atoms with Crippen molar-refractivity contribution in [1.29, 1.82) is 5.26 Å². The smallest absolute Gasteiger partial charge is 0.310 e. The van der Waals surface area contributed by atoms with E-state index >= 15 is 0 Å². The third-order valence-corrected chi connectivity index (χ3v) is 3.40. The Hall–Kier alpha value is -2.13. The zero-order chi connectivity index (χ0) is 13.9. The lowest BCUT2D eigenvalue weighted by molar-refractivity contribution is -0.385. The predicted octanol–water partition coefficient (Wildman–Crippen LogP) is 2.13. The predicted molar refractivity (Wildman–Crippen MR) is 68.4 cm³/mol. The molecule has 0 atom stereocenters. The average Bonchev–Trinajstić information content (AvgIpc) is 3.16. The molecule has 1 aliphatic rings. The van der Waals surface area contributed by atoms with E-state index in [1.54, 1.807) is 12.1 Å². The van der Waals surface area contributed by atoms with Crippen molar-refractivity contribution >= 4 is 5.69 Å². The van der Waals surface area contributed by atoms with Gasteiger partial charge in [0.25, 0.3) is 0 Å². The molecule has 0 saturated heterocycles. The summed E-state index contributed by atoms with van der Waals surface area (Å²) in [4.78, 5) is 10.5. The molecule has 0 radical (unpaired) electrons. The van der Waals surface area contributed by atoms with Gasteiger partial charge in [-0.05, 0) is 24.5 Å². The molecule has 100 valence electrons. The number of nitro benzene ring substituents is 1. The summed E-state index contributed by atoms with van der Waals surface area (Å²) in [7, 11) is 0. The van der Waals surface area contributed by atoms with Crippen molar-refractivity contribution in [3.8, 4) is 11.8 Å². The molecule has 1 aliphatic carbocycles. The molecule has 1 saturated carbocycles. The van der Waals surface area contributed by atoms with Crippen LogP contribution in [0.15, 0.2) is 18.2 Å². The van der Waals surface area contributed by atoms with Crippen molar-refractivity contribution in [2.24, 2.45) is 11.1 Å². The summed E-state index contributed by atoms with van der Waals surface area (Å²) in [6.07, 6.45) is 2.30. The second-order valence-electron chi connectivity index (χ2n) is 4.89. The maximum Gasteiger partial charge on any atom is 0.310 e. The summed E-state index contributed by atoms with van der Waals surface area (Å²) in [6.45, 7) is 0.646. The van der Waals surface area contributed by atoms with Gasteiger partial charge in [0.2, 0.25) is 0 Å². The Morgan fingerprint density at radius 2 is 2.26 bits per heavy atom. The fourth-order valence-electron chi connectivity index (χ4n) is 1.90. The van der Waals surface area contributed by atoms with Gasteiger partial charge in [0.1, 0.15) is 0 Å². The van der Waals surface area contributed by atoms with Crippen LogP contribution in [0, 0.1) is 26.9 Å². The summed E-state index contributed by atoms with van der Waals surface area (Å²) >= 11 is 0. The molecule has 1 aromatic carbocycles. The van der Waals surface area contributed by atoms with Crippen molar-refractivity contribution in [1.82, 2.24) is 0 Å². The lowest BCUT2D eigenvalue weighted by Crippen LogP contribution is -2.13. The second-order valence-corrected chi connectivity index (χ2v) is 4.89. The molecule has 0 unspecified atom stereocenters. The molecule has 0 spiro atoms. The van der Waals surface area contributed by atoms with Crippen molar-refractivity contribution in [3.05, 3.63) is 33.9 Å². The van der Waals surface area contributed by atoms with Crippen LogP contribution in [0.2, 0.25) is 0 Å². The Morgan fingerprint density at radius 3 is 2.79 bits per heavy atom. The molecule has 6 heteroatoms. The van der Waals surface area contributed by atoms with Crippen LogP contribution in [-0.2, 0) is 6.54 Å². The molecular weight excluding hydrogens is 246 g/mol. The van der Waals surface area contributed by atoms with Gasteiger partial charge in [-0.25, -0.2) is 0 Å². The lowest BCUT2D eigenvalue weighted by atomic mass is 10.1. The van der Waals surface area contributed by atoms with Gasteiger partial charge in [-0.1, -0.05) is 6.07 Å². The van der Waals surface area contributed by atoms with Crippen LogP contribution in [0.1, 0.15) is 24.8 Å². The fourth-order valence-corrected chi connectivity index (χ4v) is 1.90. The molecule has 1 fully saturated rings. The number of nitrogens with zero attached hydrogens (tertiary/aromatic N) is 2. The Bertz CT molecular complexity index is 532. The third kappa shape index (κ3) is 3.01. The van der Waals surface area contributed by atoms with Crippen LogP contribution in [0.3, 0.4) is 0 Å². The van der Waals surface area contributed by atoms with E-state index in [9.17, 15) is 10.1 Å². The first-order chi connectivity index (χ1) is 9.10. The number of benzene rings is 1. The van der Waals surface area contributed by atoms with Gasteiger partial charge in [-0.15, -0.1) is 0 Å². The SMILES string of the molecule is N#CCC1(COc2cc(CN)ccc2[N+](=O)[O-])CC1. The Kier molecular flexibility index (Phi) is 3.67. The number of hydrogen-bond donors (Lipinski definition) is 1. The topological polar surface area (TPSA) is 102 Å². The normalized spacial score (nSPS) is 15.6. The lowest BCUT2D eigenvalue weighted by Gasteiger charge is -2.13. The molecule has 0 aromatic heterocycles. The summed E-state index contributed by atoms with van der Waals surface area (Å²) in [5, 5.41) is 19.7. The maximum absolute atomic E-state index is 10.9. The number of nitriles is 1. The molecular formula is C13H15N3O3. The number of nitro groups is 1. The zero-order valence-electron chi connectivity index (χ0n) is 10.5. The van der Waals surface area contributed by atoms with Crippen LogP contribution >= 0.6 is 0 Å². The highest BCUT2D eigenvalue weighted by molar-refractivity contribution is 5.48. The van der Waals surface area contributed by atoms with Gasteiger partial charge >= 0.3 is 5.69 Å². The first-order valence-electron chi connectivity index (χ1n) is 6.07. The van der Waals surface area contributed by atoms with Gasteiger partial charge in [0.15, 0.2) is 5.75 Å². The zero-order valence-corrected chi connectivity index (χ0v) is 10.5. The van der Waals surface area contributed by atoms with Gasteiger partial charge in [-0.3, -0.25) is 10.1 Å². The third-order valence-electron chi connectivity index (χ3n) is 3.40. The van der Waals surface area contributed by atoms with Crippen molar-refractivity contribution in [2.45, 2.75) is 25.8 Å². The minimum absolute atomic E-state index is 0.0649. The highest BCUT2D eigenvalue weighted by Crippen LogP contribution is 2.49. The minimum Gasteiger partial charge on any atom is -0.486 e. The standard InChI is InChI=1S/C13H15N3O3/c14-6-5-13(3-4-13)9-19-12-7-10(8-15)1-2-11(12)16(17)18/h1-2,7H,3-5,8-9,15H2. The summed E-state index contributed by atoms with van der Waals surface area (Å²) < 4.78 is 5.57. The quantitative estimate of drug-likeness (QED) is 0.624. The molecule has 19 heavy (non-hydrogen) atoms. The van der Waals surface area contributed by atoms with E-state index in [0.29, 0.717) is 19.6 Å². The summed E-state index contributed by atoms with van der Waals surface area (Å²) in [5.41, 5.74) is 6.13. The van der Waals surface area contributed by atoms with E-state index in [4.69, 9.17) is 15.7 Å². The maximum atomic E-state index is 10.9. The number of ether oxygens (including phenoxy) is 1. The van der Waals surface area contributed by atoms with E-state index in [2.05, 4.69) is 6.07 Å². The summed E-state index contributed by atoms with van der Waals surface area (Å²) in [5.74, 6) is 0.233. The van der Waals surface area contributed by atoms with Gasteiger partial charge in [0.05, 0.1) is 17.6 Å². The van der Waals surface area contributed by atoms with Gasteiger partial charge < -0.3 is 10.5 Å². The van der Waals surface area contributed by atoms with E-state index < -0.39 is 4.92 Å². The molecule has 0 bridgehead atoms. The van der Waals surface area contributed by atoms with Crippen LogP contribution in [0.4, 0.5) is 5.69 Å². The molecule has 2 rings (SSSR count). The molecule has 0 heterocycles. The van der Waals surface area contributed by atoms with E-state index in [1.807, 2.05) is 0 Å². The van der Waals surface area contributed by atoms with E-state index in [0.717, 1.165) is 18.4 Å². The first kappa shape index (κ1) is 13.3. The molecule has 0 amide bonds. The number of nitrogens with two attached hydrogens (primary N) is 1. The van der Waals surface area contributed by atoms with Crippen LogP contribution in [-0.4, -0.2) is 11.5 Å². The van der Waals surface area contributed by atoms with Crippen molar-refractivity contribution in [2.75, 3.05) is 6.61 Å². The monoisotopic (exact) mass is 261 g/mol. The number of hydrogen-bond acceptors (Lipinski definition) is 5. The highest BCUT2D eigenvalue weighted by Gasteiger charge is 2.43. The highest BCUT2D eigenvalue weighted by atomic mass is 16.6. The molecule has 2 N–H and O–H groups in total. The fraction of sp³-hybridized carbons (Fsp3) is 0.462. The van der Waals surface area contributed by atoms with E-state index in [1.165, 1.54) is 6.07 Å². The molecule has 6 nitrogen and oxygen atoms in total. The van der Waals surface area contributed by atoms with Gasteiger partial charge in [0, 0.05) is 24.4 Å². The first-order valence-corrected chi connectivity index (χ1v) is 6.07. The van der Waals surface area contributed by atoms with Crippen LogP contribution in [0.25, 0.3) is 0 Å². The molecule has 1 aromatic rings. The van der Waals surface area contributed by atoms with Crippen LogP contribution < -0.4 is 10.5 Å². The Morgan fingerprint density at radius 1 is 1.53 bits per heavy atom. The molecule has 0 aliphatic heterocycles. The van der Waals surface area contributed by atoms with E-state index in [-0.39, 0.29) is 16.9 Å². The minimum atomic E-state index is -0.473. The van der Waals surface area contributed by atoms with Crippen LogP contribution in [0.5, 0.6) is 5.75 Å².